The van der Waals surface area contributed by atoms with Crippen molar-refractivity contribution in [3.63, 3.8) is 0 Å². The number of nitriles is 1. The summed E-state index contributed by atoms with van der Waals surface area (Å²) in [6.07, 6.45) is 1.79. The molecule has 2 aliphatic rings. The Morgan fingerprint density at radius 1 is 1.47 bits per heavy atom. The minimum atomic E-state index is -0.258. The van der Waals surface area contributed by atoms with Crippen LogP contribution in [0.5, 0.6) is 0 Å². The van der Waals surface area contributed by atoms with E-state index in [-0.39, 0.29) is 5.41 Å². The lowest BCUT2D eigenvalue weighted by atomic mass is 9.99. The van der Waals surface area contributed by atoms with Gasteiger partial charge in [0, 0.05) is 10.7 Å². The van der Waals surface area contributed by atoms with E-state index in [4.69, 9.17) is 0 Å². The second-order valence-electron chi connectivity index (χ2n) is 4.09. The summed E-state index contributed by atoms with van der Waals surface area (Å²) in [5, 5.41) is 9.37. The van der Waals surface area contributed by atoms with Gasteiger partial charge in [-0.05, 0) is 51.4 Å². The molecular weight excluding hydrogens is 272 g/mol. The minimum absolute atomic E-state index is 0.258. The number of fused-ring (bicyclic) bond motifs is 1. The van der Waals surface area contributed by atoms with Crippen molar-refractivity contribution in [1.29, 1.82) is 5.26 Å². The number of rotatable bonds is 1. The number of hydrogen-bond donors (Lipinski definition) is 0. The van der Waals surface area contributed by atoms with Crippen molar-refractivity contribution in [1.82, 2.24) is 4.98 Å². The van der Waals surface area contributed by atoms with E-state index in [1.165, 1.54) is 0 Å². The molecule has 1 aliphatic heterocycles. The van der Waals surface area contributed by atoms with Gasteiger partial charge < -0.3 is 0 Å². The molecule has 1 saturated carbocycles. The van der Waals surface area contributed by atoms with Gasteiger partial charge in [-0.25, -0.2) is 0 Å². The van der Waals surface area contributed by atoms with E-state index in [2.05, 4.69) is 27.0 Å². The molecule has 0 radical (unpaired) electrons. The molecule has 1 aromatic rings. The summed E-state index contributed by atoms with van der Waals surface area (Å²) in [6.45, 7) is 0. The number of hydrogen-bond acceptors (Lipinski definition) is 3. The zero-order valence-electron chi connectivity index (χ0n) is 7.98. The summed E-state index contributed by atoms with van der Waals surface area (Å²) in [5.74, 6) is 3.33. The quantitative estimate of drug-likeness (QED) is 0.794. The lowest BCUT2D eigenvalue weighted by Crippen LogP contribution is -2.14. The van der Waals surface area contributed by atoms with E-state index < -0.39 is 0 Å². The van der Waals surface area contributed by atoms with Crippen LogP contribution in [0, 0.1) is 23.2 Å². The van der Waals surface area contributed by atoms with Gasteiger partial charge in [-0.3, -0.25) is 4.98 Å². The van der Waals surface area contributed by atoms with E-state index in [1.807, 2.05) is 23.9 Å². The third-order valence-corrected chi connectivity index (χ3v) is 5.14. The molecule has 0 amide bonds. The predicted molar refractivity (Wildman–Crippen MR) is 63.5 cm³/mol. The third-order valence-electron chi connectivity index (χ3n) is 3.48. The summed E-state index contributed by atoms with van der Waals surface area (Å²) in [7, 11) is 0. The first-order valence-electron chi connectivity index (χ1n) is 4.90. The molecule has 15 heavy (non-hydrogen) atoms. The number of aromatic nitrogens is 1. The average molecular weight is 281 g/mol. The zero-order chi connectivity index (χ0) is 10.5. The SMILES string of the molecule is N#CC1(c2ccc(Br)cn2)C2CSCC21. The minimum Gasteiger partial charge on any atom is -0.258 e. The molecule has 4 heteroatoms. The van der Waals surface area contributed by atoms with Crippen LogP contribution in [0.1, 0.15) is 5.69 Å². The van der Waals surface area contributed by atoms with Crippen molar-refractivity contribution in [2.75, 3.05) is 11.5 Å². The van der Waals surface area contributed by atoms with Crippen molar-refractivity contribution in [3.05, 3.63) is 28.5 Å². The van der Waals surface area contributed by atoms with E-state index in [0.29, 0.717) is 11.8 Å². The highest BCUT2D eigenvalue weighted by Crippen LogP contribution is 2.65. The lowest BCUT2D eigenvalue weighted by molar-refractivity contribution is 0.743. The van der Waals surface area contributed by atoms with Crippen LogP contribution in [0.15, 0.2) is 22.8 Å². The number of nitrogens with zero attached hydrogens (tertiary/aromatic N) is 2. The van der Waals surface area contributed by atoms with E-state index in [1.54, 1.807) is 6.20 Å². The van der Waals surface area contributed by atoms with Gasteiger partial charge in [-0.1, -0.05) is 0 Å². The first-order chi connectivity index (χ1) is 7.29. The van der Waals surface area contributed by atoms with Crippen LogP contribution in [-0.4, -0.2) is 16.5 Å². The molecule has 0 aromatic carbocycles. The van der Waals surface area contributed by atoms with Crippen LogP contribution in [0.4, 0.5) is 0 Å². The zero-order valence-corrected chi connectivity index (χ0v) is 10.4. The van der Waals surface area contributed by atoms with Crippen molar-refractivity contribution >= 4 is 27.7 Å². The summed E-state index contributed by atoms with van der Waals surface area (Å²) in [6, 6.07) is 6.46. The Hall–Kier alpha value is -0.530. The molecule has 2 atom stereocenters. The van der Waals surface area contributed by atoms with Crippen LogP contribution in [-0.2, 0) is 5.41 Å². The molecule has 2 unspecified atom stereocenters. The molecule has 1 saturated heterocycles. The molecule has 3 rings (SSSR count). The maximum Gasteiger partial charge on any atom is 0.107 e. The van der Waals surface area contributed by atoms with Gasteiger partial charge in [0.1, 0.15) is 5.41 Å². The van der Waals surface area contributed by atoms with Crippen LogP contribution in [0.2, 0.25) is 0 Å². The molecule has 0 N–H and O–H groups in total. The average Bonchev–Trinajstić information content (AvgIpc) is 2.65. The summed E-state index contributed by atoms with van der Waals surface area (Å²) >= 11 is 5.33. The smallest absolute Gasteiger partial charge is 0.107 e. The Morgan fingerprint density at radius 3 is 2.73 bits per heavy atom. The topological polar surface area (TPSA) is 36.7 Å². The number of pyridine rings is 1. The third kappa shape index (κ3) is 1.20. The van der Waals surface area contributed by atoms with Crippen molar-refractivity contribution in [2.24, 2.45) is 11.8 Å². The van der Waals surface area contributed by atoms with Gasteiger partial charge in [0.15, 0.2) is 0 Å². The van der Waals surface area contributed by atoms with Crippen molar-refractivity contribution in [3.8, 4) is 6.07 Å². The Bertz CT molecular complexity index is 427. The highest BCUT2D eigenvalue weighted by atomic mass is 79.9. The van der Waals surface area contributed by atoms with E-state index in [0.717, 1.165) is 21.7 Å². The Kier molecular flexibility index (Phi) is 2.08. The predicted octanol–water partition coefficient (Wildman–Crippen LogP) is 2.60. The first kappa shape index (κ1) is 9.68. The van der Waals surface area contributed by atoms with Gasteiger partial charge in [0.05, 0.1) is 11.8 Å². The maximum atomic E-state index is 9.37. The standard InChI is InChI=1S/C11H9BrN2S/c12-7-1-2-10(14-3-7)11(6-13)8-4-15-5-9(8)11/h1-3,8-9H,4-5H2. The van der Waals surface area contributed by atoms with Crippen LogP contribution < -0.4 is 0 Å². The van der Waals surface area contributed by atoms with Crippen LogP contribution >= 0.6 is 27.7 Å². The Morgan fingerprint density at radius 2 is 2.20 bits per heavy atom. The van der Waals surface area contributed by atoms with Crippen LogP contribution in [0.25, 0.3) is 0 Å². The van der Waals surface area contributed by atoms with Gasteiger partial charge in [0.25, 0.3) is 0 Å². The van der Waals surface area contributed by atoms with E-state index in [9.17, 15) is 5.26 Å². The van der Waals surface area contributed by atoms with Crippen molar-refractivity contribution in [2.45, 2.75) is 5.41 Å². The monoisotopic (exact) mass is 280 g/mol. The summed E-state index contributed by atoms with van der Waals surface area (Å²) < 4.78 is 0.972. The molecule has 1 aliphatic carbocycles. The molecule has 2 nitrogen and oxygen atoms in total. The normalized spacial score (nSPS) is 37.1. The second-order valence-corrected chi connectivity index (χ2v) is 6.08. The Balaban J connectivity index is 2.00. The Labute approximate surface area is 101 Å². The van der Waals surface area contributed by atoms with Gasteiger partial charge in [0.2, 0.25) is 0 Å². The van der Waals surface area contributed by atoms with Gasteiger partial charge >= 0.3 is 0 Å². The fourth-order valence-corrected chi connectivity index (χ4v) is 4.45. The molecular formula is C11H9BrN2S. The number of thioether (sulfide) groups is 1. The molecule has 1 aromatic heterocycles. The highest BCUT2D eigenvalue weighted by molar-refractivity contribution is 9.10. The molecule has 0 bridgehead atoms. The molecule has 0 spiro atoms. The van der Waals surface area contributed by atoms with E-state index >= 15 is 0 Å². The lowest BCUT2D eigenvalue weighted by Gasteiger charge is -2.11. The summed E-state index contributed by atoms with van der Waals surface area (Å²) in [4.78, 5) is 4.39. The summed E-state index contributed by atoms with van der Waals surface area (Å²) in [5.41, 5.74) is 0.704. The first-order valence-corrected chi connectivity index (χ1v) is 6.85. The fourth-order valence-electron chi connectivity index (χ4n) is 2.58. The van der Waals surface area contributed by atoms with Gasteiger partial charge in [-0.15, -0.1) is 0 Å². The van der Waals surface area contributed by atoms with Crippen molar-refractivity contribution < 1.29 is 0 Å². The maximum absolute atomic E-state index is 9.37. The molecule has 76 valence electrons. The number of halogens is 1. The second kappa shape index (κ2) is 3.23. The molecule has 2 heterocycles. The fraction of sp³-hybridized carbons (Fsp3) is 0.455. The van der Waals surface area contributed by atoms with Gasteiger partial charge in [-0.2, -0.15) is 17.0 Å². The largest absolute Gasteiger partial charge is 0.258 e. The van der Waals surface area contributed by atoms with Crippen LogP contribution in [0.3, 0.4) is 0 Å². The highest BCUT2D eigenvalue weighted by Gasteiger charge is 2.69. The molecule has 2 fully saturated rings.